The molecule has 1 aromatic rings. The van der Waals surface area contributed by atoms with Gasteiger partial charge in [-0.3, -0.25) is 0 Å². The molecular weight excluding hydrogens is 216 g/mol. The van der Waals surface area contributed by atoms with Crippen LogP contribution in [0.15, 0.2) is 18.3 Å². The second-order valence-electron chi connectivity index (χ2n) is 5.25. The number of aromatic amines is 1. The van der Waals surface area contributed by atoms with Gasteiger partial charge < -0.3 is 4.98 Å². The van der Waals surface area contributed by atoms with Gasteiger partial charge in [-0.15, -0.1) is 0 Å². The molecule has 0 atom stereocenters. The molecule has 16 heavy (non-hydrogen) atoms. The van der Waals surface area contributed by atoms with Gasteiger partial charge in [-0.1, -0.05) is 32.9 Å². The van der Waals surface area contributed by atoms with E-state index in [0.717, 1.165) is 23.8 Å². The Morgan fingerprint density at radius 1 is 1.50 bits per heavy atom. The number of imidazole rings is 1. The van der Waals surface area contributed by atoms with Crippen molar-refractivity contribution in [2.24, 2.45) is 0 Å². The van der Waals surface area contributed by atoms with E-state index in [0.29, 0.717) is 0 Å². The highest BCUT2D eigenvalue weighted by molar-refractivity contribution is 7.99. The van der Waals surface area contributed by atoms with Crippen molar-refractivity contribution < 1.29 is 0 Å². The zero-order valence-corrected chi connectivity index (χ0v) is 11.6. The minimum Gasteiger partial charge on any atom is -0.345 e. The fourth-order valence-electron chi connectivity index (χ4n) is 1.29. The Bertz CT molecular complexity index is 347. The third-order valence-corrected chi connectivity index (χ3v) is 3.46. The van der Waals surface area contributed by atoms with Gasteiger partial charge >= 0.3 is 0 Å². The van der Waals surface area contributed by atoms with Crippen LogP contribution in [-0.2, 0) is 11.8 Å². The summed E-state index contributed by atoms with van der Waals surface area (Å²) >= 11 is 1.91. The molecule has 90 valence electrons. The molecule has 0 aromatic carbocycles. The maximum atomic E-state index is 4.41. The lowest BCUT2D eigenvalue weighted by molar-refractivity contribution is 0.571. The first-order valence-electron chi connectivity index (χ1n) is 5.66. The Hall–Kier alpha value is -0.700. The van der Waals surface area contributed by atoms with Gasteiger partial charge in [0.25, 0.3) is 0 Å². The van der Waals surface area contributed by atoms with Crippen LogP contribution in [0.5, 0.6) is 0 Å². The topological polar surface area (TPSA) is 28.7 Å². The molecule has 3 heteroatoms. The number of thioether (sulfide) groups is 1. The van der Waals surface area contributed by atoms with Gasteiger partial charge in [0.2, 0.25) is 0 Å². The SMILES string of the molecule is C=C(C)CSCCc1ncc(C(C)(C)C)[nH]1. The number of nitrogens with one attached hydrogen (secondary N) is 1. The fourth-order valence-corrected chi connectivity index (χ4v) is 2.12. The Morgan fingerprint density at radius 3 is 2.69 bits per heavy atom. The van der Waals surface area contributed by atoms with Crippen molar-refractivity contribution in [3.8, 4) is 0 Å². The zero-order valence-electron chi connectivity index (χ0n) is 10.8. The number of hydrogen-bond donors (Lipinski definition) is 1. The van der Waals surface area contributed by atoms with E-state index in [4.69, 9.17) is 0 Å². The number of aromatic nitrogens is 2. The smallest absolute Gasteiger partial charge is 0.107 e. The van der Waals surface area contributed by atoms with Crippen LogP contribution in [0.4, 0.5) is 0 Å². The van der Waals surface area contributed by atoms with Crippen molar-refractivity contribution in [2.75, 3.05) is 11.5 Å². The minimum atomic E-state index is 0.163. The molecule has 0 saturated carbocycles. The highest BCUT2D eigenvalue weighted by atomic mass is 32.2. The molecule has 0 bridgehead atoms. The molecule has 0 fully saturated rings. The monoisotopic (exact) mass is 238 g/mol. The van der Waals surface area contributed by atoms with E-state index in [1.54, 1.807) is 0 Å². The lowest BCUT2D eigenvalue weighted by Crippen LogP contribution is -2.11. The number of rotatable bonds is 5. The third-order valence-electron chi connectivity index (χ3n) is 2.27. The maximum absolute atomic E-state index is 4.41. The molecule has 1 rings (SSSR count). The first-order chi connectivity index (χ1) is 7.39. The average molecular weight is 238 g/mol. The van der Waals surface area contributed by atoms with Crippen LogP contribution in [0.3, 0.4) is 0 Å². The van der Waals surface area contributed by atoms with Crippen molar-refractivity contribution in [3.05, 3.63) is 29.9 Å². The molecule has 0 unspecified atom stereocenters. The van der Waals surface area contributed by atoms with E-state index in [2.05, 4.69) is 44.2 Å². The molecule has 0 saturated heterocycles. The molecule has 2 nitrogen and oxygen atoms in total. The lowest BCUT2D eigenvalue weighted by Gasteiger charge is -2.15. The molecule has 0 aliphatic carbocycles. The lowest BCUT2D eigenvalue weighted by atomic mass is 9.93. The van der Waals surface area contributed by atoms with Crippen molar-refractivity contribution >= 4 is 11.8 Å². The normalized spacial score (nSPS) is 11.8. The van der Waals surface area contributed by atoms with E-state index < -0.39 is 0 Å². The van der Waals surface area contributed by atoms with Crippen LogP contribution in [-0.4, -0.2) is 21.5 Å². The largest absolute Gasteiger partial charge is 0.345 e. The molecular formula is C13H22N2S. The molecule has 1 aromatic heterocycles. The van der Waals surface area contributed by atoms with E-state index in [9.17, 15) is 0 Å². The Kier molecular flexibility index (Phi) is 4.66. The van der Waals surface area contributed by atoms with Crippen molar-refractivity contribution in [2.45, 2.75) is 39.5 Å². The van der Waals surface area contributed by atoms with Crippen molar-refractivity contribution in [1.29, 1.82) is 0 Å². The van der Waals surface area contributed by atoms with Crippen LogP contribution in [0.2, 0.25) is 0 Å². The van der Waals surface area contributed by atoms with Gasteiger partial charge in [-0.05, 0) is 6.92 Å². The van der Waals surface area contributed by atoms with Gasteiger partial charge in [-0.25, -0.2) is 4.98 Å². The van der Waals surface area contributed by atoms with Crippen LogP contribution >= 0.6 is 11.8 Å². The third kappa shape index (κ3) is 4.44. The predicted molar refractivity (Wildman–Crippen MR) is 73.1 cm³/mol. The molecule has 0 spiro atoms. The van der Waals surface area contributed by atoms with Crippen LogP contribution in [0.25, 0.3) is 0 Å². The summed E-state index contributed by atoms with van der Waals surface area (Å²) in [5.74, 6) is 3.25. The van der Waals surface area contributed by atoms with E-state index in [1.165, 1.54) is 11.3 Å². The highest BCUT2D eigenvalue weighted by Gasteiger charge is 2.16. The van der Waals surface area contributed by atoms with Crippen molar-refractivity contribution in [3.63, 3.8) is 0 Å². The zero-order chi connectivity index (χ0) is 12.2. The van der Waals surface area contributed by atoms with Gasteiger partial charge in [0.05, 0.1) is 0 Å². The summed E-state index contributed by atoms with van der Waals surface area (Å²) < 4.78 is 0. The van der Waals surface area contributed by atoms with E-state index in [1.807, 2.05) is 18.0 Å². The Morgan fingerprint density at radius 2 is 2.19 bits per heavy atom. The Balaban J connectivity index is 2.38. The first kappa shape index (κ1) is 13.4. The van der Waals surface area contributed by atoms with Gasteiger partial charge in [-0.2, -0.15) is 11.8 Å². The quantitative estimate of drug-likeness (QED) is 0.627. The number of aryl methyl sites for hydroxylation is 1. The highest BCUT2D eigenvalue weighted by Crippen LogP contribution is 2.20. The fraction of sp³-hybridized carbons (Fsp3) is 0.615. The minimum absolute atomic E-state index is 0.163. The number of H-pyrrole nitrogens is 1. The summed E-state index contributed by atoms with van der Waals surface area (Å²) in [7, 11) is 0. The molecule has 0 amide bonds. The molecule has 1 N–H and O–H groups in total. The van der Waals surface area contributed by atoms with Crippen LogP contribution in [0.1, 0.15) is 39.2 Å². The van der Waals surface area contributed by atoms with Crippen LogP contribution < -0.4 is 0 Å². The summed E-state index contributed by atoms with van der Waals surface area (Å²) in [5, 5.41) is 0. The summed E-state index contributed by atoms with van der Waals surface area (Å²) in [6, 6.07) is 0. The van der Waals surface area contributed by atoms with Crippen LogP contribution in [0, 0.1) is 0 Å². The Labute approximate surface area is 103 Å². The van der Waals surface area contributed by atoms with E-state index in [-0.39, 0.29) is 5.41 Å². The summed E-state index contributed by atoms with van der Waals surface area (Å²) in [6.45, 7) is 12.5. The second kappa shape index (κ2) is 5.58. The standard InChI is InChI=1S/C13H22N2S/c1-10(2)9-16-7-6-12-14-8-11(15-12)13(3,4)5/h8H,1,6-7,9H2,2-5H3,(H,14,15). The van der Waals surface area contributed by atoms with Gasteiger partial charge in [0, 0.05) is 35.2 Å². The first-order valence-corrected chi connectivity index (χ1v) is 6.81. The number of nitrogens with zero attached hydrogens (tertiary/aromatic N) is 1. The molecule has 0 aliphatic heterocycles. The summed E-state index contributed by atoms with van der Waals surface area (Å²) in [6.07, 6.45) is 2.97. The maximum Gasteiger partial charge on any atom is 0.107 e. The molecule has 1 heterocycles. The van der Waals surface area contributed by atoms with Crippen molar-refractivity contribution in [1.82, 2.24) is 9.97 Å². The summed E-state index contributed by atoms with van der Waals surface area (Å²) in [4.78, 5) is 7.80. The predicted octanol–water partition coefficient (Wildman–Crippen LogP) is 3.56. The molecule has 0 radical (unpaired) electrons. The number of hydrogen-bond acceptors (Lipinski definition) is 2. The second-order valence-corrected chi connectivity index (χ2v) is 6.36. The average Bonchev–Trinajstić information content (AvgIpc) is 2.59. The van der Waals surface area contributed by atoms with E-state index >= 15 is 0 Å². The van der Waals surface area contributed by atoms with Gasteiger partial charge in [0.15, 0.2) is 0 Å². The summed E-state index contributed by atoms with van der Waals surface area (Å²) in [5.41, 5.74) is 2.61. The molecule has 0 aliphatic rings. The van der Waals surface area contributed by atoms with Gasteiger partial charge in [0.1, 0.15) is 5.82 Å².